The lowest BCUT2D eigenvalue weighted by Gasteiger charge is -2.18. The number of amides is 1. The number of benzene rings is 1. The number of hydrogen-bond acceptors (Lipinski definition) is 2. The molecule has 1 aromatic carbocycles. The minimum absolute atomic E-state index is 0.0173. The van der Waals surface area contributed by atoms with E-state index in [0.29, 0.717) is 13.0 Å². The van der Waals surface area contributed by atoms with Crippen molar-refractivity contribution >= 4 is 23.2 Å². The number of halogens is 1. The molecule has 15 heavy (non-hydrogen) atoms. The van der Waals surface area contributed by atoms with Crippen LogP contribution in [0.1, 0.15) is 12.0 Å². The fourth-order valence-corrected chi connectivity index (χ4v) is 2.06. The molecular weight excluding hydrogens is 214 g/mol. The maximum absolute atomic E-state index is 11.6. The lowest BCUT2D eigenvalue weighted by molar-refractivity contribution is -0.117. The summed E-state index contributed by atoms with van der Waals surface area (Å²) in [6, 6.07) is 5.00. The quantitative estimate of drug-likeness (QED) is 0.744. The molecule has 0 saturated carbocycles. The summed E-state index contributed by atoms with van der Waals surface area (Å²) in [6.07, 6.45) is 0.372. The molecular formula is C11H12ClNO2. The number of rotatable bonds is 1. The molecule has 1 aliphatic heterocycles. The Morgan fingerprint density at radius 2 is 2.27 bits per heavy atom. The fourth-order valence-electron chi connectivity index (χ4n) is 1.79. The van der Waals surface area contributed by atoms with Gasteiger partial charge in [-0.25, -0.2) is 0 Å². The Labute approximate surface area is 93.3 Å². The molecule has 1 unspecified atom stereocenters. The first-order valence-electron chi connectivity index (χ1n) is 4.82. The van der Waals surface area contributed by atoms with E-state index in [4.69, 9.17) is 11.6 Å². The molecule has 0 aromatic heterocycles. The summed E-state index contributed by atoms with van der Waals surface area (Å²) in [5.74, 6) is 0.185. The van der Waals surface area contributed by atoms with E-state index in [-0.39, 0.29) is 17.0 Å². The summed E-state index contributed by atoms with van der Waals surface area (Å²) in [7, 11) is 0. The lowest BCUT2D eigenvalue weighted by atomic mass is 10.2. The Balaban J connectivity index is 2.37. The highest BCUT2D eigenvalue weighted by Crippen LogP contribution is 2.29. The number of alkyl halides is 1. The molecule has 1 aromatic rings. The number of hydrogen-bond donors (Lipinski definition) is 1. The van der Waals surface area contributed by atoms with E-state index in [1.807, 2.05) is 6.92 Å². The van der Waals surface area contributed by atoms with Crippen LogP contribution in [0, 0.1) is 6.92 Å². The number of nitrogens with zero attached hydrogens (tertiary/aromatic N) is 1. The van der Waals surface area contributed by atoms with Gasteiger partial charge in [0.1, 0.15) is 5.75 Å². The third kappa shape index (κ3) is 1.92. The van der Waals surface area contributed by atoms with Gasteiger partial charge in [-0.15, -0.1) is 11.6 Å². The molecule has 0 aliphatic carbocycles. The van der Waals surface area contributed by atoms with Crippen molar-refractivity contribution in [2.24, 2.45) is 0 Å². The van der Waals surface area contributed by atoms with Gasteiger partial charge < -0.3 is 10.0 Å². The molecule has 0 spiro atoms. The zero-order chi connectivity index (χ0) is 11.0. The van der Waals surface area contributed by atoms with Crippen LogP contribution in [0.5, 0.6) is 5.75 Å². The average Bonchev–Trinajstić information content (AvgIpc) is 2.50. The highest BCUT2D eigenvalue weighted by molar-refractivity contribution is 6.24. The first-order chi connectivity index (χ1) is 7.08. The molecule has 80 valence electrons. The van der Waals surface area contributed by atoms with Crippen LogP contribution in [0.4, 0.5) is 5.69 Å². The second-order valence-corrected chi connectivity index (χ2v) is 4.39. The van der Waals surface area contributed by atoms with Gasteiger partial charge in [-0.1, -0.05) is 6.07 Å². The van der Waals surface area contributed by atoms with Gasteiger partial charge in [0.15, 0.2) is 0 Å². The van der Waals surface area contributed by atoms with Crippen LogP contribution in [0.2, 0.25) is 0 Å². The molecule has 1 amide bonds. The fraction of sp³-hybridized carbons (Fsp3) is 0.364. The molecule has 4 heteroatoms. The molecule has 2 rings (SSSR count). The minimum atomic E-state index is -0.126. The third-order valence-electron chi connectivity index (χ3n) is 2.56. The number of phenols is 1. The van der Waals surface area contributed by atoms with Crippen molar-refractivity contribution < 1.29 is 9.90 Å². The van der Waals surface area contributed by atoms with Gasteiger partial charge in [-0.2, -0.15) is 0 Å². The zero-order valence-electron chi connectivity index (χ0n) is 8.40. The summed E-state index contributed by atoms with van der Waals surface area (Å²) in [5.41, 5.74) is 1.72. The highest BCUT2D eigenvalue weighted by Gasteiger charge is 2.29. The van der Waals surface area contributed by atoms with Gasteiger partial charge in [0.05, 0.1) is 11.1 Å². The zero-order valence-corrected chi connectivity index (χ0v) is 9.16. The molecule has 1 atom stereocenters. The van der Waals surface area contributed by atoms with Gasteiger partial charge in [-0.3, -0.25) is 4.79 Å². The van der Waals surface area contributed by atoms with E-state index in [0.717, 1.165) is 11.3 Å². The van der Waals surface area contributed by atoms with E-state index in [1.165, 1.54) is 0 Å². The van der Waals surface area contributed by atoms with Gasteiger partial charge in [0, 0.05) is 19.0 Å². The normalized spacial score (nSPS) is 21.1. The van der Waals surface area contributed by atoms with Crippen molar-refractivity contribution in [1.29, 1.82) is 0 Å². The van der Waals surface area contributed by atoms with Crippen molar-refractivity contribution in [3.63, 3.8) is 0 Å². The van der Waals surface area contributed by atoms with Crippen molar-refractivity contribution in [3.05, 3.63) is 23.8 Å². The van der Waals surface area contributed by atoms with Crippen molar-refractivity contribution in [2.75, 3.05) is 11.4 Å². The van der Waals surface area contributed by atoms with E-state index in [2.05, 4.69) is 0 Å². The molecule has 1 heterocycles. The first-order valence-corrected chi connectivity index (χ1v) is 5.25. The van der Waals surface area contributed by atoms with Crippen molar-refractivity contribution in [3.8, 4) is 5.75 Å². The van der Waals surface area contributed by atoms with Crippen LogP contribution in [0.15, 0.2) is 18.2 Å². The smallest absolute Gasteiger partial charge is 0.228 e. The molecule has 3 nitrogen and oxygen atoms in total. The summed E-state index contributed by atoms with van der Waals surface area (Å²) in [4.78, 5) is 13.2. The molecule has 1 N–H and O–H groups in total. The number of anilines is 1. The molecule has 1 fully saturated rings. The predicted molar refractivity (Wildman–Crippen MR) is 59.5 cm³/mol. The van der Waals surface area contributed by atoms with E-state index in [1.54, 1.807) is 23.1 Å². The minimum Gasteiger partial charge on any atom is -0.508 e. The summed E-state index contributed by atoms with van der Waals surface area (Å²) < 4.78 is 0. The first kappa shape index (κ1) is 10.3. The van der Waals surface area contributed by atoms with E-state index >= 15 is 0 Å². The van der Waals surface area contributed by atoms with E-state index < -0.39 is 0 Å². The molecule has 0 radical (unpaired) electrons. The standard InChI is InChI=1S/C11H12ClNO2/c1-7-2-3-9(14)5-10(7)13-6-8(12)4-11(13)15/h2-3,5,8,14H,4,6H2,1H3. The van der Waals surface area contributed by atoms with Gasteiger partial charge >= 0.3 is 0 Å². The number of aryl methyl sites for hydroxylation is 1. The maximum atomic E-state index is 11.6. The SMILES string of the molecule is Cc1ccc(O)cc1N1CC(Cl)CC1=O. The van der Waals surface area contributed by atoms with E-state index in [9.17, 15) is 9.90 Å². The Morgan fingerprint density at radius 1 is 1.53 bits per heavy atom. The Hall–Kier alpha value is -1.22. The number of carbonyl (C=O) groups excluding carboxylic acids is 1. The Morgan fingerprint density at radius 3 is 2.87 bits per heavy atom. The second-order valence-electron chi connectivity index (χ2n) is 3.78. The van der Waals surface area contributed by atoms with Crippen LogP contribution in [-0.2, 0) is 4.79 Å². The largest absolute Gasteiger partial charge is 0.508 e. The average molecular weight is 226 g/mol. The van der Waals surface area contributed by atoms with Crippen LogP contribution in [0.3, 0.4) is 0 Å². The lowest BCUT2D eigenvalue weighted by Crippen LogP contribution is -2.25. The van der Waals surface area contributed by atoms with Gasteiger partial charge in [-0.05, 0) is 18.6 Å². The number of aromatic hydroxyl groups is 1. The van der Waals surface area contributed by atoms with Crippen molar-refractivity contribution in [2.45, 2.75) is 18.7 Å². The van der Waals surface area contributed by atoms with Crippen LogP contribution >= 0.6 is 11.6 Å². The number of carbonyl (C=O) groups is 1. The molecule has 1 saturated heterocycles. The second kappa shape index (κ2) is 3.74. The van der Waals surface area contributed by atoms with Gasteiger partial charge in [0.25, 0.3) is 0 Å². The topological polar surface area (TPSA) is 40.5 Å². The summed E-state index contributed by atoms with van der Waals surface area (Å²) in [6.45, 7) is 2.42. The van der Waals surface area contributed by atoms with Crippen molar-refractivity contribution in [1.82, 2.24) is 0 Å². The van der Waals surface area contributed by atoms with Gasteiger partial charge in [0.2, 0.25) is 5.91 Å². The summed E-state index contributed by atoms with van der Waals surface area (Å²) >= 11 is 5.92. The Bertz CT molecular complexity index is 406. The summed E-state index contributed by atoms with van der Waals surface area (Å²) in [5, 5.41) is 9.25. The number of phenolic OH excluding ortho intramolecular Hbond substituents is 1. The van der Waals surface area contributed by atoms with Crippen LogP contribution in [-0.4, -0.2) is 22.9 Å². The third-order valence-corrected chi connectivity index (χ3v) is 2.85. The maximum Gasteiger partial charge on any atom is 0.228 e. The Kier molecular flexibility index (Phi) is 2.57. The monoisotopic (exact) mass is 225 g/mol. The predicted octanol–water partition coefficient (Wildman–Crippen LogP) is 2.04. The molecule has 1 aliphatic rings. The van der Waals surface area contributed by atoms with Crippen LogP contribution < -0.4 is 4.90 Å². The van der Waals surface area contributed by atoms with Crippen LogP contribution in [0.25, 0.3) is 0 Å². The highest BCUT2D eigenvalue weighted by atomic mass is 35.5. The molecule has 0 bridgehead atoms.